The van der Waals surface area contributed by atoms with Crippen molar-refractivity contribution in [3.8, 4) is 11.6 Å². The zero-order valence-electron chi connectivity index (χ0n) is 13.2. The van der Waals surface area contributed by atoms with E-state index >= 15 is 0 Å². The molecule has 6 heteroatoms. The number of benzene rings is 2. The molecule has 2 aromatic carbocycles. The molecular formula is C17H15N2NaO2S. The maximum atomic E-state index is 12.5. The van der Waals surface area contributed by atoms with Gasteiger partial charge in [0.15, 0.2) is 4.77 Å². The van der Waals surface area contributed by atoms with E-state index in [1.165, 1.54) is 0 Å². The first kappa shape index (κ1) is 17.9. The number of nitrogens with zero attached hydrogens (tertiary/aromatic N) is 2. The van der Waals surface area contributed by atoms with E-state index in [1.54, 1.807) is 23.8 Å². The van der Waals surface area contributed by atoms with Crippen LogP contribution in [0.1, 0.15) is 5.56 Å². The monoisotopic (exact) mass is 334 g/mol. The molecule has 0 N–H and O–H groups in total. The maximum Gasteiger partial charge on any atom is 1.00 e. The average molecular weight is 334 g/mol. The van der Waals surface area contributed by atoms with Gasteiger partial charge in [0.05, 0.1) is 12.6 Å². The van der Waals surface area contributed by atoms with E-state index in [9.17, 15) is 5.11 Å². The Bertz CT molecular complexity index is 863. The fourth-order valence-electron chi connectivity index (χ4n) is 2.38. The smallest absolute Gasteiger partial charge is 0.860 e. The van der Waals surface area contributed by atoms with E-state index < -0.39 is 0 Å². The minimum absolute atomic E-state index is 0. The van der Waals surface area contributed by atoms with Crippen molar-refractivity contribution in [3.05, 3.63) is 58.9 Å². The molecule has 0 saturated heterocycles. The summed E-state index contributed by atoms with van der Waals surface area (Å²) in [6.07, 6.45) is 0.716. The van der Waals surface area contributed by atoms with Gasteiger partial charge in [-0.1, -0.05) is 30.3 Å². The molecule has 0 aliphatic rings. The first-order chi connectivity index (χ1) is 10.7. The van der Waals surface area contributed by atoms with Crippen molar-refractivity contribution in [2.75, 3.05) is 7.11 Å². The molecule has 0 radical (unpaired) electrons. The fourth-order valence-corrected chi connectivity index (χ4v) is 2.65. The van der Waals surface area contributed by atoms with Crippen LogP contribution in [0.2, 0.25) is 0 Å². The Morgan fingerprint density at radius 2 is 1.83 bits per heavy atom. The van der Waals surface area contributed by atoms with Gasteiger partial charge in [0, 0.05) is 11.9 Å². The molecule has 0 atom stereocenters. The van der Waals surface area contributed by atoms with Gasteiger partial charge in [-0.05, 0) is 48.3 Å². The molecule has 1 heterocycles. The van der Waals surface area contributed by atoms with Crippen molar-refractivity contribution in [2.24, 2.45) is 0 Å². The molecule has 23 heavy (non-hydrogen) atoms. The molecule has 112 valence electrons. The number of fused-ring (bicyclic) bond motifs is 1. The molecule has 3 rings (SSSR count). The topological polar surface area (TPSA) is 50.1 Å². The largest absolute Gasteiger partial charge is 1.00 e. The summed E-state index contributed by atoms with van der Waals surface area (Å²) in [5, 5.41) is 13.1. The molecule has 0 aliphatic heterocycles. The van der Waals surface area contributed by atoms with Crippen molar-refractivity contribution < 1.29 is 39.4 Å². The summed E-state index contributed by atoms with van der Waals surface area (Å²) >= 11 is 5.25. The first-order valence-electron chi connectivity index (χ1n) is 6.98. The van der Waals surface area contributed by atoms with E-state index in [4.69, 9.17) is 17.0 Å². The van der Waals surface area contributed by atoms with Gasteiger partial charge in [0.25, 0.3) is 0 Å². The van der Waals surface area contributed by atoms with Crippen LogP contribution in [0.4, 0.5) is 0 Å². The zero-order chi connectivity index (χ0) is 15.5. The predicted octanol–water partition coefficient (Wildman–Crippen LogP) is 0.0947. The summed E-state index contributed by atoms with van der Waals surface area (Å²) in [6.45, 7) is 0.516. The third kappa shape index (κ3) is 3.93. The Kier molecular flexibility index (Phi) is 6.18. The molecular weight excluding hydrogens is 319 g/mol. The van der Waals surface area contributed by atoms with E-state index in [0.29, 0.717) is 28.6 Å². The van der Waals surface area contributed by atoms with Crippen LogP contribution in [0.3, 0.4) is 0 Å². The second-order valence-electron chi connectivity index (χ2n) is 4.97. The first-order valence-corrected chi connectivity index (χ1v) is 7.39. The van der Waals surface area contributed by atoms with Crippen LogP contribution < -0.4 is 39.4 Å². The van der Waals surface area contributed by atoms with Gasteiger partial charge in [-0.3, -0.25) is 0 Å². The second-order valence-corrected chi connectivity index (χ2v) is 5.33. The third-order valence-electron chi connectivity index (χ3n) is 3.61. The van der Waals surface area contributed by atoms with Gasteiger partial charge in [-0.25, -0.2) is 4.98 Å². The molecule has 0 unspecified atom stereocenters. The standard InChI is InChI=1S/C17H16N2O2S.Na/c1-21-13-8-6-12(7-9-13)10-11-19-16(20)14-4-2-3-5-15(14)18-17(19)22;/h2-9,20H,10-11H2,1H3;/q;+1/p-1. The maximum absolute atomic E-state index is 12.5. The summed E-state index contributed by atoms with van der Waals surface area (Å²) < 4.78 is 7.02. The second kappa shape index (κ2) is 7.93. The van der Waals surface area contributed by atoms with Gasteiger partial charge < -0.3 is 14.4 Å². The van der Waals surface area contributed by atoms with Crippen molar-refractivity contribution in [3.63, 3.8) is 0 Å². The summed E-state index contributed by atoms with van der Waals surface area (Å²) in [4.78, 5) is 4.33. The van der Waals surface area contributed by atoms with Crippen LogP contribution in [0, 0.1) is 4.77 Å². The molecule has 0 saturated carbocycles. The third-order valence-corrected chi connectivity index (χ3v) is 3.92. The number of ether oxygens (including phenoxy) is 1. The number of para-hydroxylation sites is 1. The van der Waals surface area contributed by atoms with Crippen LogP contribution >= 0.6 is 12.2 Å². The molecule has 4 nitrogen and oxygen atoms in total. The van der Waals surface area contributed by atoms with Crippen molar-refractivity contribution >= 4 is 23.1 Å². The molecule has 0 fully saturated rings. The van der Waals surface area contributed by atoms with Gasteiger partial charge in [0.2, 0.25) is 0 Å². The molecule has 0 spiro atoms. The van der Waals surface area contributed by atoms with Crippen LogP contribution in [0.15, 0.2) is 48.5 Å². The summed E-state index contributed by atoms with van der Waals surface area (Å²) in [7, 11) is 1.64. The summed E-state index contributed by atoms with van der Waals surface area (Å²) in [5.74, 6) is 0.737. The van der Waals surface area contributed by atoms with Gasteiger partial charge in [-0.15, -0.1) is 0 Å². The van der Waals surface area contributed by atoms with Crippen molar-refractivity contribution in [1.29, 1.82) is 0 Å². The number of rotatable bonds is 4. The molecule has 3 aromatic rings. The van der Waals surface area contributed by atoms with Crippen LogP contribution in [-0.4, -0.2) is 16.7 Å². The van der Waals surface area contributed by atoms with Gasteiger partial charge in [0.1, 0.15) is 5.75 Å². The van der Waals surface area contributed by atoms with Crippen LogP contribution in [0.25, 0.3) is 10.9 Å². The SMILES string of the molecule is COc1ccc(CCn2c([O-])c3ccccc3nc2=S)cc1.[Na+]. The van der Waals surface area contributed by atoms with Gasteiger partial charge in [-0.2, -0.15) is 0 Å². The Morgan fingerprint density at radius 3 is 2.52 bits per heavy atom. The van der Waals surface area contributed by atoms with Gasteiger partial charge >= 0.3 is 29.6 Å². The number of aryl methyl sites for hydroxylation is 1. The van der Waals surface area contributed by atoms with E-state index in [-0.39, 0.29) is 35.4 Å². The Labute approximate surface area is 162 Å². The summed E-state index contributed by atoms with van der Waals surface area (Å²) in [5.41, 5.74) is 1.77. The Hall–Kier alpha value is -1.40. The summed E-state index contributed by atoms with van der Waals surface area (Å²) in [6, 6.07) is 15.1. The van der Waals surface area contributed by atoms with Crippen molar-refractivity contribution in [1.82, 2.24) is 9.55 Å². The zero-order valence-corrected chi connectivity index (χ0v) is 16.0. The van der Waals surface area contributed by atoms with Crippen molar-refractivity contribution in [2.45, 2.75) is 13.0 Å². The van der Waals surface area contributed by atoms with E-state index in [2.05, 4.69) is 4.98 Å². The van der Waals surface area contributed by atoms with Crippen LogP contribution in [0.5, 0.6) is 11.6 Å². The number of aromatic nitrogens is 2. The minimum Gasteiger partial charge on any atom is -0.860 e. The molecule has 1 aromatic heterocycles. The van der Waals surface area contributed by atoms with Crippen LogP contribution in [-0.2, 0) is 13.0 Å². The minimum atomic E-state index is -0.0795. The normalized spacial score (nSPS) is 10.3. The Morgan fingerprint density at radius 1 is 1.13 bits per heavy atom. The molecule has 0 amide bonds. The molecule has 0 aliphatic carbocycles. The quantitative estimate of drug-likeness (QED) is 0.501. The van der Waals surface area contributed by atoms with E-state index in [1.807, 2.05) is 36.4 Å². The number of hydrogen-bond donors (Lipinski definition) is 0. The number of methoxy groups -OCH3 is 1. The predicted molar refractivity (Wildman–Crippen MR) is 86.7 cm³/mol. The fraction of sp³-hybridized carbons (Fsp3) is 0.176. The average Bonchev–Trinajstić information content (AvgIpc) is 2.55. The number of hydrogen-bond acceptors (Lipinski definition) is 4. The molecule has 0 bridgehead atoms. The Balaban J connectivity index is 0.00000192. The van der Waals surface area contributed by atoms with E-state index in [0.717, 1.165) is 11.3 Å².